The third kappa shape index (κ3) is 3.65. The van der Waals surface area contributed by atoms with E-state index in [9.17, 15) is 9.59 Å². The van der Waals surface area contributed by atoms with E-state index in [4.69, 9.17) is 4.98 Å². The van der Waals surface area contributed by atoms with Crippen LogP contribution in [0.25, 0.3) is 22.1 Å². The Balaban J connectivity index is 1.68. The summed E-state index contributed by atoms with van der Waals surface area (Å²) < 4.78 is 2.16. The number of ketones is 2. The standard InChI is InChI=1S/C23H25N5O2S/c1-6-11-28-17-10-8-7-9-16(17)20-22(28)25-23(27-26-20)31-15(5)21(30)19-12(2)18(14(4)29)13(3)24-19/h7-10,15,24H,6,11H2,1-5H3. The van der Waals surface area contributed by atoms with Crippen molar-refractivity contribution in [3.63, 3.8) is 0 Å². The molecule has 160 valence electrons. The van der Waals surface area contributed by atoms with Crippen LogP contribution in [0.1, 0.15) is 59.3 Å². The summed E-state index contributed by atoms with van der Waals surface area (Å²) in [5.41, 5.74) is 5.11. The number of fused-ring (bicyclic) bond motifs is 3. The van der Waals surface area contributed by atoms with E-state index in [0.29, 0.717) is 27.7 Å². The monoisotopic (exact) mass is 435 g/mol. The predicted molar refractivity (Wildman–Crippen MR) is 123 cm³/mol. The van der Waals surface area contributed by atoms with Crippen molar-refractivity contribution in [3.8, 4) is 0 Å². The van der Waals surface area contributed by atoms with Crippen LogP contribution in [0, 0.1) is 13.8 Å². The maximum Gasteiger partial charge on any atom is 0.211 e. The van der Waals surface area contributed by atoms with E-state index in [1.54, 1.807) is 6.92 Å². The molecule has 0 fully saturated rings. The first-order valence-electron chi connectivity index (χ1n) is 10.4. The topological polar surface area (TPSA) is 93.5 Å². The Morgan fingerprint density at radius 1 is 1.19 bits per heavy atom. The summed E-state index contributed by atoms with van der Waals surface area (Å²) in [5, 5.41) is 9.79. The van der Waals surface area contributed by atoms with E-state index in [1.165, 1.54) is 18.7 Å². The normalized spacial score (nSPS) is 12.5. The average Bonchev–Trinajstić information content (AvgIpc) is 3.21. The number of carbonyl (C=O) groups excluding carboxylic acids is 2. The first kappa shape index (κ1) is 21.2. The molecule has 0 aliphatic carbocycles. The summed E-state index contributed by atoms with van der Waals surface area (Å²) in [7, 11) is 0. The lowest BCUT2D eigenvalue weighted by atomic mass is 10.0. The Morgan fingerprint density at radius 2 is 1.94 bits per heavy atom. The van der Waals surface area contributed by atoms with Crippen LogP contribution in [0.4, 0.5) is 0 Å². The Hall–Kier alpha value is -3.00. The number of carbonyl (C=O) groups is 2. The number of para-hydroxylation sites is 1. The maximum atomic E-state index is 13.1. The van der Waals surface area contributed by atoms with Gasteiger partial charge in [-0.1, -0.05) is 36.9 Å². The fraction of sp³-hybridized carbons (Fsp3) is 0.348. The highest BCUT2D eigenvalue weighted by molar-refractivity contribution is 8.00. The van der Waals surface area contributed by atoms with Crippen LogP contribution in [0.3, 0.4) is 0 Å². The lowest BCUT2D eigenvalue weighted by Gasteiger charge is -2.09. The summed E-state index contributed by atoms with van der Waals surface area (Å²) in [4.78, 5) is 32.8. The average molecular weight is 436 g/mol. The zero-order valence-corrected chi connectivity index (χ0v) is 19.1. The SMILES string of the molecule is CCCn1c2ccccc2c2nnc(SC(C)C(=O)c3[nH]c(C)c(C(C)=O)c3C)nc21. The summed E-state index contributed by atoms with van der Waals surface area (Å²) in [6, 6.07) is 8.09. The molecule has 4 rings (SSSR count). The van der Waals surface area contributed by atoms with E-state index in [1.807, 2.05) is 32.0 Å². The minimum absolute atomic E-state index is 0.0488. The molecule has 1 unspecified atom stereocenters. The highest BCUT2D eigenvalue weighted by Gasteiger charge is 2.25. The van der Waals surface area contributed by atoms with E-state index in [-0.39, 0.29) is 11.6 Å². The van der Waals surface area contributed by atoms with Gasteiger partial charge in [0.25, 0.3) is 0 Å². The first-order chi connectivity index (χ1) is 14.8. The molecule has 7 nitrogen and oxygen atoms in total. The van der Waals surface area contributed by atoms with Crippen LogP contribution < -0.4 is 0 Å². The molecule has 31 heavy (non-hydrogen) atoms. The molecular formula is C23H25N5O2S. The number of nitrogens with zero attached hydrogens (tertiary/aromatic N) is 4. The van der Waals surface area contributed by atoms with Crippen LogP contribution in [-0.4, -0.2) is 41.5 Å². The second-order valence-electron chi connectivity index (χ2n) is 7.74. The quantitative estimate of drug-likeness (QED) is 0.328. The van der Waals surface area contributed by atoms with Crippen molar-refractivity contribution >= 4 is 45.4 Å². The molecule has 8 heteroatoms. The van der Waals surface area contributed by atoms with Gasteiger partial charge in [-0.3, -0.25) is 9.59 Å². The van der Waals surface area contributed by atoms with Crippen molar-refractivity contribution in [1.29, 1.82) is 0 Å². The zero-order valence-electron chi connectivity index (χ0n) is 18.3. The highest BCUT2D eigenvalue weighted by Crippen LogP contribution is 2.30. The number of thioether (sulfide) groups is 1. The molecule has 4 aromatic rings. The van der Waals surface area contributed by atoms with E-state index in [2.05, 4.69) is 32.7 Å². The molecular weight excluding hydrogens is 410 g/mol. The second-order valence-corrected chi connectivity index (χ2v) is 9.05. The van der Waals surface area contributed by atoms with Crippen LogP contribution in [0.15, 0.2) is 29.4 Å². The number of Topliss-reactive ketones (excluding diaryl/α,β-unsaturated/α-hetero) is 2. The maximum absolute atomic E-state index is 13.1. The minimum atomic E-state index is -0.431. The smallest absolute Gasteiger partial charge is 0.211 e. The van der Waals surface area contributed by atoms with Crippen LogP contribution in [-0.2, 0) is 6.54 Å². The highest BCUT2D eigenvalue weighted by atomic mass is 32.2. The van der Waals surface area contributed by atoms with Gasteiger partial charge >= 0.3 is 0 Å². The molecule has 0 bridgehead atoms. The van der Waals surface area contributed by atoms with Gasteiger partial charge in [0.1, 0.15) is 5.52 Å². The number of hydrogen-bond acceptors (Lipinski definition) is 6. The third-order valence-electron chi connectivity index (χ3n) is 5.49. The van der Waals surface area contributed by atoms with E-state index in [0.717, 1.165) is 35.0 Å². The number of aromatic nitrogens is 5. The number of benzene rings is 1. The summed E-state index contributed by atoms with van der Waals surface area (Å²) in [5.74, 6) is -0.136. The van der Waals surface area contributed by atoms with Crippen molar-refractivity contribution in [3.05, 3.63) is 46.8 Å². The summed E-state index contributed by atoms with van der Waals surface area (Å²) >= 11 is 1.28. The molecule has 0 aliphatic heterocycles. The molecule has 0 saturated carbocycles. The van der Waals surface area contributed by atoms with Gasteiger partial charge in [-0.25, -0.2) is 4.98 Å². The number of nitrogens with one attached hydrogen (secondary N) is 1. The fourth-order valence-electron chi connectivity index (χ4n) is 4.13. The molecule has 0 amide bonds. The lowest BCUT2D eigenvalue weighted by molar-refractivity contribution is 0.0988. The van der Waals surface area contributed by atoms with Crippen molar-refractivity contribution < 1.29 is 9.59 Å². The van der Waals surface area contributed by atoms with Crippen molar-refractivity contribution in [2.45, 2.75) is 58.0 Å². The Kier molecular flexibility index (Phi) is 5.66. The summed E-state index contributed by atoms with van der Waals surface area (Å²) in [6.07, 6.45) is 0.971. The fourth-order valence-corrected chi connectivity index (χ4v) is 4.90. The number of H-pyrrole nitrogens is 1. The largest absolute Gasteiger partial charge is 0.355 e. The van der Waals surface area contributed by atoms with Gasteiger partial charge in [0, 0.05) is 23.2 Å². The third-order valence-corrected chi connectivity index (χ3v) is 6.44. The number of hydrogen-bond donors (Lipinski definition) is 1. The molecule has 1 N–H and O–H groups in total. The molecule has 0 saturated heterocycles. The molecule has 3 heterocycles. The zero-order chi connectivity index (χ0) is 22.3. The van der Waals surface area contributed by atoms with Crippen LogP contribution in [0.5, 0.6) is 0 Å². The number of aryl methyl sites for hydroxylation is 2. The molecule has 3 aromatic heterocycles. The van der Waals surface area contributed by atoms with Gasteiger partial charge in [-0.2, -0.15) is 0 Å². The molecule has 1 atom stereocenters. The van der Waals surface area contributed by atoms with E-state index >= 15 is 0 Å². The molecule has 0 spiro atoms. The van der Waals surface area contributed by atoms with Crippen LogP contribution in [0.2, 0.25) is 0 Å². The Morgan fingerprint density at radius 3 is 2.61 bits per heavy atom. The van der Waals surface area contributed by atoms with E-state index < -0.39 is 5.25 Å². The molecule has 0 aliphatic rings. The van der Waals surface area contributed by atoms with Gasteiger partial charge in [-0.15, -0.1) is 10.2 Å². The minimum Gasteiger partial charge on any atom is -0.355 e. The molecule has 1 aromatic carbocycles. The van der Waals surface area contributed by atoms with Gasteiger partial charge in [-0.05, 0) is 45.7 Å². The van der Waals surface area contributed by atoms with Gasteiger partial charge in [0.15, 0.2) is 17.2 Å². The predicted octanol–water partition coefficient (Wildman–Crippen LogP) is 4.90. The van der Waals surface area contributed by atoms with Crippen LogP contribution >= 0.6 is 11.8 Å². The van der Waals surface area contributed by atoms with Gasteiger partial charge in [0.05, 0.1) is 16.5 Å². The van der Waals surface area contributed by atoms with Crippen molar-refractivity contribution in [2.75, 3.05) is 0 Å². The first-order valence-corrected chi connectivity index (χ1v) is 11.2. The second kappa shape index (κ2) is 8.26. The lowest BCUT2D eigenvalue weighted by Crippen LogP contribution is -2.16. The van der Waals surface area contributed by atoms with Gasteiger partial charge < -0.3 is 9.55 Å². The summed E-state index contributed by atoms with van der Waals surface area (Å²) in [6.45, 7) is 9.91. The molecule has 0 radical (unpaired) electrons. The Bertz CT molecular complexity index is 1320. The van der Waals surface area contributed by atoms with Gasteiger partial charge in [0.2, 0.25) is 5.16 Å². The number of aromatic amines is 1. The van der Waals surface area contributed by atoms with Crippen molar-refractivity contribution in [1.82, 2.24) is 24.7 Å². The van der Waals surface area contributed by atoms with Crippen molar-refractivity contribution in [2.24, 2.45) is 0 Å². The number of rotatable bonds is 7. The Labute approximate surface area is 184 Å².